The van der Waals surface area contributed by atoms with Crippen molar-refractivity contribution in [3.05, 3.63) is 17.8 Å². The van der Waals surface area contributed by atoms with Crippen LogP contribution in [0.25, 0.3) is 0 Å². The van der Waals surface area contributed by atoms with Crippen molar-refractivity contribution in [3.8, 4) is 0 Å². The van der Waals surface area contributed by atoms with Crippen molar-refractivity contribution in [1.29, 1.82) is 0 Å². The van der Waals surface area contributed by atoms with Gasteiger partial charge in [0.15, 0.2) is 11.6 Å². The summed E-state index contributed by atoms with van der Waals surface area (Å²) < 4.78 is 20.0. The Hall–Kier alpha value is -1.80. The van der Waals surface area contributed by atoms with Crippen LogP contribution in [0.4, 0.5) is 10.2 Å². The van der Waals surface area contributed by atoms with Crippen LogP contribution in [0.5, 0.6) is 0 Å². The van der Waals surface area contributed by atoms with Gasteiger partial charge in [0.1, 0.15) is 6.33 Å². The summed E-state index contributed by atoms with van der Waals surface area (Å²) in [5.74, 6) is 0.358. The van der Waals surface area contributed by atoms with Gasteiger partial charge in [0.2, 0.25) is 5.91 Å². The Morgan fingerprint density at radius 2 is 1.86 bits per heavy atom. The molecule has 3 saturated heterocycles. The van der Waals surface area contributed by atoms with E-state index in [1.54, 1.807) is 0 Å². The molecule has 0 aliphatic carbocycles. The van der Waals surface area contributed by atoms with Gasteiger partial charge in [0.25, 0.3) is 0 Å². The van der Waals surface area contributed by atoms with E-state index in [-0.39, 0.29) is 17.8 Å². The lowest BCUT2D eigenvalue weighted by Crippen LogP contribution is -2.60. The number of hydrogen-bond donors (Lipinski definition) is 0. The van der Waals surface area contributed by atoms with E-state index in [0.717, 1.165) is 58.5 Å². The maximum Gasteiger partial charge on any atom is 0.240 e. The zero-order valence-electron chi connectivity index (χ0n) is 16.6. The molecule has 4 heterocycles. The summed E-state index contributed by atoms with van der Waals surface area (Å²) in [6.07, 6.45) is 5.85. The van der Waals surface area contributed by atoms with Crippen molar-refractivity contribution >= 4 is 11.7 Å². The van der Waals surface area contributed by atoms with E-state index in [2.05, 4.69) is 19.8 Å². The smallest absolute Gasteiger partial charge is 0.240 e. The molecule has 0 N–H and O–H groups in total. The molecule has 0 bridgehead atoms. The third-order valence-corrected chi connectivity index (χ3v) is 6.31. The Morgan fingerprint density at radius 1 is 1.11 bits per heavy atom. The zero-order valence-corrected chi connectivity index (χ0v) is 16.6. The van der Waals surface area contributed by atoms with Crippen molar-refractivity contribution < 1.29 is 13.9 Å². The van der Waals surface area contributed by atoms with E-state index in [1.807, 2.05) is 11.8 Å². The van der Waals surface area contributed by atoms with E-state index in [4.69, 9.17) is 4.74 Å². The van der Waals surface area contributed by atoms with Gasteiger partial charge in [-0.05, 0) is 32.1 Å². The van der Waals surface area contributed by atoms with Gasteiger partial charge in [-0.1, -0.05) is 6.92 Å². The van der Waals surface area contributed by atoms with Crippen LogP contribution < -0.4 is 4.90 Å². The van der Waals surface area contributed by atoms with Gasteiger partial charge in [-0.25, -0.2) is 14.4 Å². The highest BCUT2D eigenvalue weighted by atomic mass is 19.1. The summed E-state index contributed by atoms with van der Waals surface area (Å²) in [4.78, 5) is 27.7. The van der Waals surface area contributed by atoms with E-state index in [1.165, 1.54) is 6.33 Å². The molecule has 0 spiro atoms. The molecular formula is C20H30FN5O2. The number of likely N-dealkylation sites (tertiary alicyclic amines) is 1. The van der Waals surface area contributed by atoms with Crippen molar-refractivity contribution in [2.24, 2.45) is 0 Å². The van der Waals surface area contributed by atoms with Crippen LogP contribution in [0.2, 0.25) is 0 Å². The number of carbonyl (C=O) groups is 1. The molecule has 0 aromatic carbocycles. The van der Waals surface area contributed by atoms with E-state index < -0.39 is 0 Å². The summed E-state index contributed by atoms with van der Waals surface area (Å²) >= 11 is 0. The first-order valence-corrected chi connectivity index (χ1v) is 10.6. The molecule has 1 aromatic rings. The number of piperazine rings is 1. The molecule has 28 heavy (non-hydrogen) atoms. The molecular weight excluding hydrogens is 361 g/mol. The Labute approximate surface area is 165 Å². The van der Waals surface area contributed by atoms with Gasteiger partial charge in [0.05, 0.1) is 11.7 Å². The second kappa shape index (κ2) is 8.69. The summed E-state index contributed by atoms with van der Waals surface area (Å²) in [5, 5.41) is 0. The maximum absolute atomic E-state index is 14.6. The van der Waals surface area contributed by atoms with Crippen LogP contribution in [0, 0.1) is 5.82 Å². The normalized spacial score (nSPS) is 25.4. The Kier molecular flexibility index (Phi) is 6.06. The van der Waals surface area contributed by atoms with E-state index in [0.29, 0.717) is 37.1 Å². The summed E-state index contributed by atoms with van der Waals surface area (Å²) in [5.41, 5.74) is 0.460. The quantitative estimate of drug-likeness (QED) is 0.775. The summed E-state index contributed by atoms with van der Waals surface area (Å²) in [6, 6.07) is 0.285. The molecule has 4 rings (SSSR count). The number of ether oxygens (including phenoxy) is 1. The first-order chi connectivity index (χ1) is 13.7. The lowest BCUT2D eigenvalue weighted by molar-refractivity contribution is -0.145. The number of aryl methyl sites for hydroxylation is 1. The number of carbonyl (C=O) groups excluding carboxylic acids is 1. The predicted octanol–water partition coefficient (Wildman–Crippen LogP) is 1.47. The Morgan fingerprint density at radius 3 is 2.57 bits per heavy atom. The van der Waals surface area contributed by atoms with Crippen LogP contribution in [0.3, 0.4) is 0 Å². The number of anilines is 1. The van der Waals surface area contributed by atoms with Crippen molar-refractivity contribution in [2.75, 3.05) is 50.8 Å². The SMILES string of the molecule is CCc1ncnc(N2CCN(C3CCCN(C4CCOCC4)C3=O)CC2)c1F. The van der Waals surface area contributed by atoms with Crippen molar-refractivity contribution in [1.82, 2.24) is 19.8 Å². The summed E-state index contributed by atoms with van der Waals surface area (Å²) in [6.45, 7) is 7.13. The standard InChI is InChI=1S/C20H30FN5O2/c1-2-16-18(21)19(23-14-22-16)25-10-8-24(9-11-25)17-4-3-7-26(20(17)27)15-5-12-28-13-6-15/h14-15,17H,2-13H2,1H3. The van der Waals surface area contributed by atoms with Gasteiger partial charge in [-0.15, -0.1) is 0 Å². The molecule has 3 fully saturated rings. The number of rotatable bonds is 4. The predicted molar refractivity (Wildman–Crippen MR) is 104 cm³/mol. The monoisotopic (exact) mass is 391 g/mol. The van der Waals surface area contributed by atoms with Crippen LogP contribution in [-0.2, 0) is 16.0 Å². The minimum atomic E-state index is -0.308. The third kappa shape index (κ3) is 3.85. The second-order valence-corrected chi connectivity index (χ2v) is 7.87. The lowest BCUT2D eigenvalue weighted by Gasteiger charge is -2.45. The molecule has 8 heteroatoms. The molecule has 0 saturated carbocycles. The van der Waals surface area contributed by atoms with Gasteiger partial charge >= 0.3 is 0 Å². The first-order valence-electron chi connectivity index (χ1n) is 10.6. The highest BCUT2D eigenvalue weighted by Gasteiger charge is 2.38. The second-order valence-electron chi connectivity index (χ2n) is 7.87. The minimum absolute atomic E-state index is 0.0415. The largest absolute Gasteiger partial charge is 0.381 e. The number of piperidine rings is 1. The van der Waals surface area contributed by atoms with Crippen molar-refractivity contribution in [2.45, 2.75) is 51.1 Å². The van der Waals surface area contributed by atoms with Crippen LogP contribution in [0.1, 0.15) is 38.3 Å². The fourth-order valence-corrected chi connectivity index (χ4v) is 4.69. The van der Waals surface area contributed by atoms with E-state index >= 15 is 0 Å². The van der Waals surface area contributed by atoms with E-state index in [9.17, 15) is 9.18 Å². The number of halogens is 1. The average Bonchev–Trinajstić information content (AvgIpc) is 2.75. The average molecular weight is 391 g/mol. The molecule has 3 aliphatic rings. The molecule has 1 aromatic heterocycles. The Balaban J connectivity index is 1.38. The molecule has 1 atom stereocenters. The van der Waals surface area contributed by atoms with Crippen LogP contribution >= 0.6 is 0 Å². The highest BCUT2D eigenvalue weighted by molar-refractivity contribution is 5.83. The van der Waals surface area contributed by atoms with Crippen molar-refractivity contribution in [3.63, 3.8) is 0 Å². The van der Waals surface area contributed by atoms with Gasteiger partial charge in [-0.2, -0.15) is 0 Å². The molecule has 1 amide bonds. The van der Waals surface area contributed by atoms with Crippen LogP contribution in [-0.4, -0.2) is 83.7 Å². The first kappa shape index (κ1) is 19.5. The van der Waals surface area contributed by atoms with Gasteiger partial charge < -0.3 is 14.5 Å². The van der Waals surface area contributed by atoms with Crippen LogP contribution in [0.15, 0.2) is 6.33 Å². The highest BCUT2D eigenvalue weighted by Crippen LogP contribution is 2.26. The number of nitrogens with zero attached hydrogens (tertiary/aromatic N) is 5. The third-order valence-electron chi connectivity index (χ3n) is 6.31. The zero-order chi connectivity index (χ0) is 19.5. The molecule has 154 valence electrons. The fraction of sp³-hybridized carbons (Fsp3) is 0.750. The van der Waals surface area contributed by atoms with Gasteiger partial charge in [-0.3, -0.25) is 9.69 Å². The number of hydrogen-bond acceptors (Lipinski definition) is 6. The minimum Gasteiger partial charge on any atom is -0.381 e. The molecule has 0 radical (unpaired) electrons. The number of amides is 1. The molecule has 1 unspecified atom stereocenters. The maximum atomic E-state index is 14.6. The fourth-order valence-electron chi connectivity index (χ4n) is 4.69. The lowest BCUT2D eigenvalue weighted by atomic mass is 9.97. The molecule has 7 nitrogen and oxygen atoms in total. The molecule has 3 aliphatic heterocycles. The topological polar surface area (TPSA) is 61.8 Å². The Bertz CT molecular complexity index is 689. The number of aromatic nitrogens is 2. The summed E-state index contributed by atoms with van der Waals surface area (Å²) in [7, 11) is 0. The van der Waals surface area contributed by atoms with Gasteiger partial charge in [0, 0.05) is 52.0 Å².